The Hall–Kier alpha value is -2.11. The SMILES string of the molecule is COc1ccc2cc([C@@H]3CN(C(=O)CN)CCO3)ccc2c1. The number of carbonyl (C=O) groups excluding carboxylic acids is 1. The van der Waals surface area contributed by atoms with E-state index in [2.05, 4.69) is 12.1 Å². The van der Waals surface area contributed by atoms with Gasteiger partial charge in [-0.05, 0) is 34.5 Å². The number of nitrogens with zero attached hydrogens (tertiary/aromatic N) is 1. The number of hydrogen-bond donors (Lipinski definition) is 1. The monoisotopic (exact) mass is 300 g/mol. The summed E-state index contributed by atoms with van der Waals surface area (Å²) < 4.78 is 11.1. The summed E-state index contributed by atoms with van der Waals surface area (Å²) in [6.45, 7) is 1.75. The zero-order valence-corrected chi connectivity index (χ0v) is 12.6. The van der Waals surface area contributed by atoms with Crippen LogP contribution in [0.25, 0.3) is 10.8 Å². The minimum absolute atomic E-state index is 0.0289. The minimum atomic E-state index is -0.101. The van der Waals surface area contributed by atoms with Gasteiger partial charge in [0.1, 0.15) is 11.9 Å². The molecule has 1 aliphatic rings. The highest BCUT2D eigenvalue weighted by atomic mass is 16.5. The van der Waals surface area contributed by atoms with Gasteiger partial charge in [0, 0.05) is 6.54 Å². The van der Waals surface area contributed by atoms with Crippen LogP contribution in [0, 0.1) is 0 Å². The van der Waals surface area contributed by atoms with Gasteiger partial charge < -0.3 is 20.1 Å². The van der Waals surface area contributed by atoms with Crippen molar-refractivity contribution in [2.75, 3.05) is 33.4 Å². The number of hydrogen-bond acceptors (Lipinski definition) is 4. The summed E-state index contributed by atoms with van der Waals surface area (Å²) >= 11 is 0. The van der Waals surface area contributed by atoms with Crippen LogP contribution in [0.2, 0.25) is 0 Å². The third-order valence-electron chi connectivity index (χ3n) is 4.04. The first-order chi connectivity index (χ1) is 10.7. The van der Waals surface area contributed by atoms with Crippen molar-refractivity contribution < 1.29 is 14.3 Å². The summed E-state index contributed by atoms with van der Waals surface area (Å²) in [6.07, 6.45) is -0.101. The Morgan fingerprint density at radius 1 is 1.32 bits per heavy atom. The van der Waals surface area contributed by atoms with Crippen LogP contribution >= 0.6 is 0 Å². The van der Waals surface area contributed by atoms with Crippen molar-refractivity contribution in [2.45, 2.75) is 6.10 Å². The maximum Gasteiger partial charge on any atom is 0.236 e. The average molecular weight is 300 g/mol. The molecule has 2 aromatic rings. The maximum absolute atomic E-state index is 11.8. The highest BCUT2D eigenvalue weighted by molar-refractivity contribution is 5.84. The standard InChI is InChI=1S/C17H20N2O3/c1-21-15-5-4-12-8-14(3-2-13(12)9-15)16-11-19(6-7-22-16)17(20)10-18/h2-5,8-9,16H,6-7,10-11,18H2,1H3/t16-/m0/s1. The molecule has 1 atom stereocenters. The molecule has 0 spiro atoms. The Kier molecular flexibility index (Phi) is 4.27. The van der Waals surface area contributed by atoms with Gasteiger partial charge in [0.2, 0.25) is 5.91 Å². The number of benzene rings is 2. The van der Waals surface area contributed by atoms with Crippen LogP contribution in [-0.2, 0) is 9.53 Å². The maximum atomic E-state index is 11.8. The van der Waals surface area contributed by atoms with Gasteiger partial charge >= 0.3 is 0 Å². The summed E-state index contributed by atoms with van der Waals surface area (Å²) in [5.74, 6) is 0.813. The van der Waals surface area contributed by atoms with E-state index in [4.69, 9.17) is 15.2 Å². The molecule has 1 aliphatic heterocycles. The predicted molar refractivity (Wildman–Crippen MR) is 84.8 cm³/mol. The molecule has 2 N–H and O–H groups in total. The molecule has 5 heteroatoms. The molecule has 22 heavy (non-hydrogen) atoms. The first-order valence-electron chi connectivity index (χ1n) is 7.38. The lowest BCUT2D eigenvalue weighted by Gasteiger charge is -2.33. The van der Waals surface area contributed by atoms with Gasteiger partial charge in [-0.15, -0.1) is 0 Å². The zero-order chi connectivity index (χ0) is 15.5. The molecule has 1 fully saturated rings. The largest absolute Gasteiger partial charge is 0.497 e. The Bertz CT molecular complexity index is 687. The van der Waals surface area contributed by atoms with E-state index in [9.17, 15) is 4.79 Å². The van der Waals surface area contributed by atoms with Gasteiger partial charge in [-0.25, -0.2) is 0 Å². The lowest BCUT2D eigenvalue weighted by molar-refractivity contribution is -0.137. The lowest BCUT2D eigenvalue weighted by atomic mass is 10.0. The summed E-state index contributed by atoms with van der Waals surface area (Å²) in [5, 5.41) is 2.25. The van der Waals surface area contributed by atoms with Crippen molar-refractivity contribution in [3.05, 3.63) is 42.0 Å². The summed E-state index contributed by atoms with van der Waals surface area (Å²) in [4.78, 5) is 13.5. The fourth-order valence-electron chi connectivity index (χ4n) is 2.78. The first kappa shape index (κ1) is 14.8. The van der Waals surface area contributed by atoms with E-state index >= 15 is 0 Å². The molecule has 1 heterocycles. The second-order valence-corrected chi connectivity index (χ2v) is 5.38. The molecular weight excluding hydrogens is 280 g/mol. The Morgan fingerprint density at radius 2 is 2.09 bits per heavy atom. The van der Waals surface area contributed by atoms with Crippen LogP contribution in [0.1, 0.15) is 11.7 Å². The number of nitrogens with two attached hydrogens (primary N) is 1. The lowest BCUT2D eigenvalue weighted by Crippen LogP contribution is -2.44. The Labute approximate surface area is 129 Å². The Balaban J connectivity index is 1.85. The summed E-state index contributed by atoms with van der Waals surface area (Å²) in [5.41, 5.74) is 6.52. The van der Waals surface area contributed by atoms with Gasteiger partial charge in [0.05, 0.1) is 26.8 Å². The van der Waals surface area contributed by atoms with Gasteiger partial charge in [-0.2, -0.15) is 0 Å². The van der Waals surface area contributed by atoms with Gasteiger partial charge in [-0.3, -0.25) is 4.79 Å². The van der Waals surface area contributed by atoms with Gasteiger partial charge in [-0.1, -0.05) is 18.2 Å². The van der Waals surface area contributed by atoms with Crippen molar-refractivity contribution in [1.29, 1.82) is 0 Å². The van der Waals surface area contributed by atoms with E-state index in [1.54, 1.807) is 12.0 Å². The average Bonchev–Trinajstić information content (AvgIpc) is 2.60. The van der Waals surface area contributed by atoms with E-state index in [0.717, 1.165) is 22.1 Å². The quantitative estimate of drug-likeness (QED) is 0.937. The Morgan fingerprint density at radius 3 is 2.86 bits per heavy atom. The molecule has 1 amide bonds. The predicted octanol–water partition coefficient (Wildman–Crippen LogP) is 1.71. The molecule has 0 aromatic heterocycles. The van der Waals surface area contributed by atoms with E-state index in [-0.39, 0.29) is 18.6 Å². The molecule has 0 bridgehead atoms. The van der Waals surface area contributed by atoms with Crippen LogP contribution in [0.4, 0.5) is 0 Å². The number of methoxy groups -OCH3 is 1. The number of rotatable bonds is 3. The van der Waals surface area contributed by atoms with Crippen molar-refractivity contribution >= 4 is 16.7 Å². The molecular formula is C17H20N2O3. The van der Waals surface area contributed by atoms with Crippen LogP contribution in [0.5, 0.6) is 5.75 Å². The van der Waals surface area contributed by atoms with E-state index in [1.165, 1.54) is 0 Å². The molecule has 3 rings (SSSR count). The molecule has 0 saturated carbocycles. The second-order valence-electron chi connectivity index (χ2n) is 5.38. The number of morpholine rings is 1. The second kappa shape index (κ2) is 6.34. The number of amides is 1. The molecule has 0 radical (unpaired) electrons. The molecule has 0 unspecified atom stereocenters. The third kappa shape index (κ3) is 2.91. The third-order valence-corrected chi connectivity index (χ3v) is 4.04. The minimum Gasteiger partial charge on any atom is -0.497 e. The zero-order valence-electron chi connectivity index (χ0n) is 12.6. The van der Waals surface area contributed by atoms with E-state index in [0.29, 0.717) is 19.7 Å². The summed E-state index contributed by atoms with van der Waals surface area (Å²) in [6, 6.07) is 12.2. The number of carbonyl (C=O) groups is 1. The normalized spacial score (nSPS) is 18.5. The smallest absolute Gasteiger partial charge is 0.236 e. The van der Waals surface area contributed by atoms with E-state index < -0.39 is 0 Å². The molecule has 0 aliphatic carbocycles. The number of fused-ring (bicyclic) bond motifs is 1. The van der Waals surface area contributed by atoms with Crippen LogP contribution in [0.3, 0.4) is 0 Å². The van der Waals surface area contributed by atoms with Crippen LogP contribution in [-0.4, -0.2) is 44.2 Å². The van der Waals surface area contributed by atoms with Crippen molar-refractivity contribution in [3.63, 3.8) is 0 Å². The van der Waals surface area contributed by atoms with Crippen LogP contribution in [0.15, 0.2) is 36.4 Å². The first-order valence-corrected chi connectivity index (χ1v) is 7.38. The fraction of sp³-hybridized carbons (Fsp3) is 0.353. The molecule has 2 aromatic carbocycles. The van der Waals surface area contributed by atoms with Gasteiger partial charge in [0.15, 0.2) is 0 Å². The molecule has 5 nitrogen and oxygen atoms in total. The molecule has 116 valence electrons. The van der Waals surface area contributed by atoms with E-state index in [1.807, 2.05) is 24.3 Å². The number of ether oxygens (including phenoxy) is 2. The highest BCUT2D eigenvalue weighted by Crippen LogP contribution is 2.27. The van der Waals surface area contributed by atoms with Crippen LogP contribution < -0.4 is 10.5 Å². The van der Waals surface area contributed by atoms with Crippen molar-refractivity contribution in [3.8, 4) is 5.75 Å². The van der Waals surface area contributed by atoms with Crippen molar-refractivity contribution in [1.82, 2.24) is 4.90 Å². The summed E-state index contributed by atoms with van der Waals surface area (Å²) in [7, 11) is 1.66. The van der Waals surface area contributed by atoms with Crippen molar-refractivity contribution in [2.24, 2.45) is 5.73 Å². The molecule has 1 saturated heterocycles. The highest BCUT2D eigenvalue weighted by Gasteiger charge is 2.24. The topological polar surface area (TPSA) is 64.8 Å². The van der Waals surface area contributed by atoms with Gasteiger partial charge in [0.25, 0.3) is 0 Å². The fourth-order valence-corrected chi connectivity index (χ4v) is 2.78.